The lowest BCUT2D eigenvalue weighted by Crippen LogP contribution is -2.53. The minimum atomic E-state index is -0.972. The van der Waals surface area contributed by atoms with Gasteiger partial charge in [-0.2, -0.15) is 0 Å². The molecule has 0 bridgehead atoms. The molecular formula is C17H27NO3. The molecule has 0 aliphatic carbocycles. The van der Waals surface area contributed by atoms with Gasteiger partial charge in [0.15, 0.2) is 0 Å². The van der Waals surface area contributed by atoms with Crippen LogP contribution in [0.15, 0.2) is 12.1 Å². The number of hydrogen-bond donors (Lipinski definition) is 2. The van der Waals surface area contributed by atoms with Gasteiger partial charge in [-0.25, -0.2) is 0 Å². The lowest BCUT2D eigenvalue weighted by atomic mass is 9.97. The predicted molar refractivity (Wildman–Crippen MR) is 85.1 cm³/mol. The quantitative estimate of drug-likeness (QED) is 0.810. The molecule has 1 atom stereocenters. The molecule has 1 aromatic rings. The molecule has 0 fully saturated rings. The minimum Gasteiger partial charge on any atom is -0.493 e. The van der Waals surface area contributed by atoms with Crippen molar-refractivity contribution in [1.29, 1.82) is 0 Å². The van der Waals surface area contributed by atoms with Crippen LogP contribution in [0.2, 0.25) is 0 Å². The minimum absolute atomic E-state index is 0.106. The molecule has 21 heavy (non-hydrogen) atoms. The van der Waals surface area contributed by atoms with Crippen molar-refractivity contribution < 1.29 is 14.6 Å². The van der Waals surface area contributed by atoms with Gasteiger partial charge in [-0.3, -0.25) is 10.1 Å². The van der Waals surface area contributed by atoms with E-state index >= 15 is 0 Å². The van der Waals surface area contributed by atoms with Crippen LogP contribution in [0.25, 0.3) is 0 Å². The molecule has 0 saturated carbocycles. The van der Waals surface area contributed by atoms with Gasteiger partial charge in [-0.15, -0.1) is 0 Å². The monoisotopic (exact) mass is 293 g/mol. The Morgan fingerprint density at radius 3 is 2.24 bits per heavy atom. The third-order valence-electron chi connectivity index (χ3n) is 3.53. The van der Waals surface area contributed by atoms with Gasteiger partial charge in [0.25, 0.3) is 0 Å². The molecule has 1 rings (SSSR count). The predicted octanol–water partition coefficient (Wildman–Crippen LogP) is 3.22. The summed E-state index contributed by atoms with van der Waals surface area (Å²) in [7, 11) is 0. The van der Waals surface area contributed by atoms with Crippen molar-refractivity contribution in [2.75, 3.05) is 6.61 Å². The van der Waals surface area contributed by atoms with E-state index in [0.717, 1.165) is 16.9 Å². The molecule has 0 aromatic heterocycles. The molecule has 0 saturated heterocycles. The van der Waals surface area contributed by atoms with Crippen molar-refractivity contribution in [2.24, 2.45) is 0 Å². The van der Waals surface area contributed by atoms with Crippen LogP contribution in [0.5, 0.6) is 5.75 Å². The fourth-order valence-electron chi connectivity index (χ4n) is 2.63. The van der Waals surface area contributed by atoms with Gasteiger partial charge in [-0.1, -0.05) is 17.7 Å². The first-order chi connectivity index (χ1) is 9.65. The highest BCUT2D eigenvalue weighted by atomic mass is 16.5. The SMILES string of the molecule is Cc1cc(C)c(OCCC(C)(NC(C)C)C(=O)O)c(C)c1. The number of carboxylic acid groups (broad SMARTS) is 1. The molecule has 0 radical (unpaired) electrons. The Labute approximate surface area is 127 Å². The first kappa shape index (κ1) is 17.5. The number of nitrogens with one attached hydrogen (secondary N) is 1. The standard InChI is InChI=1S/C17H27NO3/c1-11(2)18-17(6,16(19)20)7-8-21-15-13(4)9-12(3)10-14(15)5/h9-11,18H,7-8H2,1-6H3,(H,19,20). The zero-order valence-corrected chi connectivity index (χ0v) is 13.9. The first-order valence-electron chi connectivity index (χ1n) is 7.37. The Hall–Kier alpha value is -1.55. The highest BCUT2D eigenvalue weighted by molar-refractivity contribution is 5.78. The molecule has 4 heteroatoms. The first-order valence-corrected chi connectivity index (χ1v) is 7.37. The van der Waals surface area contributed by atoms with E-state index < -0.39 is 11.5 Å². The number of carbonyl (C=O) groups is 1. The van der Waals surface area contributed by atoms with E-state index in [1.807, 2.05) is 27.7 Å². The summed E-state index contributed by atoms with van der Waals surface area (Å²) in [5.74, 6) is 0.00929. The number of hydrogen-bond acceptors (Lipinski definition) is 3. The fraction of sp³-hybridized carbons (Fsp3) is 0.588. The van der Waals surface area contributed by atoms with E-state index in [0.29, 0.717) is 13.0 Å². The number of ether oxygens (including phenoxy) is 1. The van der Waals surface area contributed by atoms with Gasteiger partial charge in [0.1, 0.15) is 11.3 Å². The van der Waals surface area contributed by atoms with E-state index in [9.17, 15) is 9.90 Å². The van der Waals surface area contributed by atoms with Crippen molar-refractivity contribution in [3.05, 3.63) is 28.8 Å². The number of aliphatic carboxylic acids is 1. The van der Waals surface area contributed by atoms with E-state index in [4.69, 9.17) is 4.74 Å². The van der Waals surface area contributed by atoms with Gasteiger partial charge in [0.05, 0.1) is 6.61 Å². The molecular weight excluding hydrogens is 266 g/mol. The summed E-state index contributed by atoms with van der Waals surface area (Å²) in [5.41, 5.74) is 2.40. The molecule has 0 amide bonds. The van der Waals surface area contributed by atoms with E-state index in [1.165, 1.54) is 5.56 Å². The summed E-state index contributed by atoms with van der Waals surface area (Å²) in [6.07, 6.45) is 0.410. The Kier molecular flexibility index (Phi) is 5.78. The van der Waals surface area contributed by atoms with Crippen molar-refractivity contribution in [2.45, 2.75) is 59.5 Å². The van der Waals surface area contributed by atoms with Crippen molar-refractivity contribution >= 4 is 5.97 Å². The highest BCUT2D eigenvalue weighted by Gasteiger charge is 2.33. The Bertz CT molecular complexity index is 488. The fourth-order valence-corrected chi connectivity index (χ4v) is 2.63. The molecule has 2 N–H and O–H groups in total. The molecule has 118 valence electrons. The second-order valence-electron chi connectivity index (χ2n) is 6.26. The molecule has 0 aliphatic rings. The van der Waals surface area contributed by atoms with Crippen LogP contribution in [-0.4, -0.2) is 29.3 Å². The van der Waals surface area contributed by atoms with Gasteiger partial charge in [-0.05, 0) is 52.7 Å². The van der Waals surface area contributed by atoms with E-state index in [2.05, 4.69) is 24.4 Å². The lowest BCUT2D eigenvalue weighted by molar-refractivity contribution is -0.145. The Balaban J connectivity index is 2.73. The van der Waals surface area contributed by atoms with Crippen LogP contribution in [0.1, 0.15) is 43.9 Å². The molecule has 1 aromatic carbocycles. The number of carboxylic acids is 1. The average Bonchev–Trinajstić information content (AvgIpc) is 2.31. The lowest BCUT2D eigenvalue weighted by Gasteiger charge is -2.28. The van der Waals surface area contributed by atoms with Crippen LogP contribution in [0.3, 0.4) is 0 Å². The summed E-state index contributed by atoms with van der Waals surface area (Å²) >= 11 is 0. The average molecular weight is 293 g/mol. The Morgan fingerprint density at radius 1 is 1.29 bits per heavy atom. The summed E-state index contributed by atoms with van der Waals surface area (Å²) in [6, 6.07) is 4.25. The molecule has 0 heterocycles. The molecule has 0 spiro atoms. The molecule has 1 unspecified atom stereocenters. The Morgan fingerprint density at radius 2 is 1.81 bits per heavy atom. The van der Waals surface area contributed by atoms with Crippen molar-refractivity contribution in [3.8, 4) is 5.75 Å². The zero-order chi connectivity index (χ0) is 16.2. The van der Waals surface area contributed by atoms with Gasteiger partial charge >= 0.3 is 5.97 Å². The second-order valence-corrected chi connectivity index (χ2v) is 6.26. The summed E-state index contributed by atoms with van der Waals surface area (Å²) < 4.78 is 5.85. The molecule has 4 nitrogen and oxygen atoms in total. The van der Waals surface area contributed by atoms with Gasteiger partial charge in [0, 0.05) is 12.5 Å². The largest absolute Gasteiger partial charge is 0.493 e. The number of rotatable bonds is 7. The zero-order valence-electron chi connectivity index (χ0n) is 13.9. The van der Waals surface area contributed by atoms with Crippen LogP contribution < -0.4 is 10.1 Å². The second kappa shape index (κ2) is 6.94. The summed E-state index contributed by atoms with van der Waals surface area (Å²) in [6.45, 7) is 12.0. The summed E-state index contributed by atoms with van der Waals surface area (Å²) in [4.78, 5) is 11.5. The topological polar surface area (TPSA) is 58.6 Å². The summed E-state index contributed by atoms with van der Waals surface area (Å²) in [5, 5.41) is 12.5. The van der Waals surface area contributed by atoms with Crippen LogP contribution >= 0.6 is 0 Å². The molecule has 0 aliphatic heterocycles. The van der Waals surface area contributed by atoms with Crippen LogP contribution in [-0.2, 0) is 4.79 Å². The third-order valence-corrected chi connectivity index (χ3v) is 3.53. The van der Waals surface area contributed by atoms with E-state index in [-0.39, 0.29) is 6.04 Å². The van der Waals surface area contributed by atoms with Crippen molar-refractivity contribution in [1.82, 2.24) is 5.32 Å². The maximum Gasteiger partial charge on any atom is 0.323 e. The van der Waals surface area contributed by atoms with Crippen LogP contribution in [0, 0.1) is 20.8 Å². The maximum atomic E-state index is 11.5. The third kappa shape index (κ3) is 4.74. The highest BCUT2D eigenvalue weighted by Crippen LogP contribution is 2.25. The van der Waals surface area contributed by atoms with E-state index in [1.54, 1.807) is 6.92 Å². The smallest absolute Gasteiger partial charge is 0.323 e. The van der Waals surface area contributed by atoms with Crippen molar-refractivity contribution in [3.63, 3.8) is 0 Å². The number of benzene rings is 1. The van der Waals surface area contributed by atoms with Crippen LogP contribution in [0.4, 0.5) is 0 Å². The van der Waals surface area contributed by atoms with Gasteiger partial charge < -0.3 is 9.84 Å². The maximum absolute atomic E-state index is 11.5. The normalized spacial score (nSPS) is 14.0. The van der Waals surface area contributed by atoms with Gasteiger partial charge in [0.2, 0.25) is 0 Å². The number of aryl methyl sites for hydroxylation is 3.